The number of halogens is 2. The molecule has 0 fully saturated rings. The largest absolute Gasteiger partial charge is 0.465 e. The van der Waals surface area contributed by atoms with Crippen LogP contribution in [0.15, 0.2) is 42.5 Å². The smallest absolute Gasteiger partial charge is 0.339 e. The number of ether oxygens (including phenoxy) is 1. The van der Waals surface area contributed by atoms with Crippen LogP contribution in [0.2, 0.25) is 10.0 Å². The minimum absolute atomic E-state index is 0.0322. The molecule has 0 spiro atoms. The predicted molar refractivity (Wildman–Crippen MR) is 91.4 cm³/mol. The first-order chi connectivity index (χ1) is 11.0. The molecule has 0 aliphatic carbocycles. The van der Waals surface area contributed by atoms with E-state index in [0.717, 1.165) is 0 Å². The van der Waals surface area contributed by atoms with Gasteiger partial charge in [0, 0.05) is 5.02 Å². The van der Waals surface area contributed by atoms with E-state index in [1.54, 1.807) is 42.5 Å². The number of hydrogen-bond acceptors (Lipinski definition) is 4. The van der Waals surface area contributed by atoms with Crippen LogP contribution in [0, 0.1) is 0 Å². The van der Waals surface area contributed by atoms with Crippen LogP contribution in [-0.4, -0.2) is 25.5 Å². The van der Waals surface area contributed by atoms with Gasteiger partial charge >= 0.3 is 5.97 Å². The van der Waals surface area contributed by atoms with E-state index in [1.807, 2.05) is 0 Å². The average molecular weight is 353 g/mol. The van der Waals surface area contributed by atoms with Crippen LogP contribution in [0.25, 0.3) is 0 Å². The second-order valence-electron chi connectivity index (χ2n) is 4.56. The number of nitrogens with one attached hydrogen (secondary N) is 2. The van der Waals surface area contributed by atoms with E-state index in [9.17, 15) is 9.59 Å². The standard InChI is InChI=1S/C16H14Cl2N2O3/c1-23-16(22)11-4-2-3-5-13(11)20-15(21)9-19-14-8-10(17)6-7-12(14)18/h2-8,19H,9H2,1H3,(H,20,21). The fourth-order valence-corrected chi connectivity index (χ4v) is 2.24. The summed E-state index contributed by atoms with van der Waals surface area (Å²) >= 11 is 11.9. The fourth-order valence-electron chi connectivity index (χ4n) is 1.88. The molecule has 5 nitrogen and oxygen atoms in total. The van der Waals surface area contributed by atoms with E-state index < -0.39 is 5.97 Å². The van der Waals surface area contributed by atoms with E-state index in [0.29, 0.717) is 21.4 Å². The molecule has 0 unspecified atom stereocenters. The highest BCUT2D eigenvalue weighted by Gasteiger charge is 2.13. The maximum atomic E-state index is 12.0. The zero-order valence-corrected chi connectivity index (χ0v) is 13.7. The van der Waals surface area contributed by atoms with Gasteiger partial charge < -0.3 is 15.4 Å². The third-order valence-corrected chi connectivity index (χ3v) is 3.54. The minimum Gasteiger partial charge on any atom is -0.465 e. The first-order valence-electron chi connectivity index (χ1n) is 6.67. The van der Waals surface area contributed by atoms with Crippen molar-refractivity contribution >= 4 is 46.5 Å². The van der Waals surface area contributed by atoms with Gasteiger partial charge in [-0.25, -0.2) is 4.79 Å². The van der Waals surface area contributed by atoms with Crippen LogP contribution >= 0.6 is 23.2 Å². The molecule has 1 amide bonds. The maximum absolute atomic E-state index is 12.0. The Morgan fingerprint density at radius 3 is 2.57 bits per heavy atom. The molecule has 0 aliphatic heterocycles. The van der Waals surface area contributed by atoms with Gasteiger partial charge in [-0.1, -0.05) is 35.3 Å². The molecule has 23 heavy (non-hydrogen) atoms. The maximum Gasteiger partial charge on any atom is 0.339 e. The van der Waals surface area contributed by atoms with E-state index in [2.05, 4.69) is 15.4 Å². The van der Waals surface area contributed by atoms with E-state index in [-0.39, 0.29) is 18.0 Å². The number of methoxy groups -OCH3 is 1. The Balaban J connectivity index is 2.03. The Bertz CT molecular complexity index is 735. The molecule has 120 valence electrons. The van der Waals surface area contributed by atoms with Gasteiger partial charge in [-0.05, 0) is 30.3 Å². The summed E-state index contributed by atoms with van der Waals surface area (Å²) in [5.74, 6) is -0.857. The number of anilines is 2. The lowest BCUT2D eigenvalue weighted by Crippen LogP contribution is -2.23. The summed E-state index contributed by atoms with van der Waals surface area (Å²) in [5, 5.41) is 6.51. The molecule has 2 aromatic carbocycles. The van der Waals surface area contributed by atoms with Crippen molar-refractivity contribution in [3.63, 3.8) is 0 Å². The first kappa shape index (κ1) is 17.1. The molecule has 2 N–H and O–H groups in total. The number of rotatable bonds is 5. The van der Waals surface area contributed by atoms with Gasteiger partial charge in [0.2, 0.25) is 5.91 Å². The molecule has 7 heteroatoms. The van der Waals surface area contributed by atoms with E-state index >= 15 is 0 Å². The lowest BCUT2D eigenvalue weighted by Gasteiger charge is -2.11. The molecule has 0 saturated heterocycles. The highest BCUT2D eigenvalue weighted by atomic mass is 35.5. The predicted octanol–water partition coefficient (Wildman–Crippen LogP) is 3.83. The Morgan fingerprint density at radius 1 is 1.09 bits per heavy atom. The molecule has 0 aromatic heterocycles. The summed E-state index contributed by atoms with van der Waals surface area (Å²) in [6, 6.07) is 11.5. The Labute approximate surface area is 143 Å². The molecule has 0 atom stereocenters. The molecule has 0 heterocycles. The number of esters is 1. The number of hydrogen-bond donors (Lipinski definition) is 2. The van der Waals surface area contributed by atoms with Crippen LogP contribution in [0.4, 0.5) is 11.4 Å². The van der Waals surface area contributed by atoms with Crippen molar-refractivity contribution in [2.24, 2.45) is 0 Å². The molecule has 0 bridgehead atoms. The number of amides is 1. The fraction of sp³-hybridized carbons (Fsp3) is 0.125. The number of para-hydroxylation sites is 1. The minimum atomic E-state index is -0.522. The van der Waals surface area contributed by atoms with Gasteiger partial charge in [0.25, 0.3) is 0 Å². The summed E-state index contributed by atoms with van der Waals surface area (Å²) < 4.78 is 4.68. The van der Waals surface area contributed by atoms with Gasteiger partial charge in [-0.15, -0.1) is 0 Å². The average Bonchev–Trinajstić information content (AvgIpc) is 2.55. The molecule has 0 aliphatic rings. The number of benzene rings is 2. The van der Waals surface area contributed by atoms with Gasteiger partial charge in [0.15, 0.2) is 0 Å². The van der Waals surface area contributed by atoms with Crippen molar-refractivity contribution in [2.75, 3.05) is 24.3 Å². The van der Waals surface area contributed by atoms with Crippen molar-refractivity contribution in [3.8, 4) is 0 Å². The summed E-state index contributed by atoms with van der Waals surface area (Å²) in [7, 11) is 1.28. The quantitative estimate of drug-likeness (QED) is 0.802. The van der Waals surface area contributed by atoms with Crippen molar-refractivity contribution in [1.29, 1.82) is 0 Å². The van der Waals surface area contributed by atoms with E-state index in [4.69, 9.17) is 23.2 Å². The lowest BCUT2D eigenvalue weighted by atomic mass is 10.2. The van der Waals surface area contributed by atoms with Crippen molar-refractivity contribution in [2.45, 2.75) is 0 Å². The molecule has 0 saturated carbocycles. The molecular formula is C16H14Cl2N2O3. The Hall–Kier alpha value is -2.24. The van der Waals surface area contributed by atoms with Crippen molar-refractivity contribution < 1.29 is 14.3 Å². The Morgan fingerprint density at radius 2 is 1.83 bits per heavy atom. The molecule has 0 radical (unpaired) electrons. The third-order valence-electron chi connectivity index (χ3n) is 2.97. The first-order valence-corrected chi connectivity index (χ1v) is 7.43. The highest BCUT2D eigenvalue weighted by Crippen LogP contribution is 2.25. The summed E-state index contributed by atoms with van der Waals surface area (Å²) in [5.41, 5.74) is 1.21. The monoisotopic (exact) mass is 352 g/mol. The zero-order chi connectivity index (χ0) is 16.8. The molecule has 2 aromatic rings. The third kappa shape index (κ3) is 4.61. The topological polar surface area (TPSA) is 67.4 Å². The second-order valence-corrected chi connectivity index (χ2v) is 5.41. The van der Waals surface area contributed by atoms with Gasteiger partial charge in [-0.3, -0.25) is 4.79 Å². The number of carbonyl (C=O) groups excluding carboxylic acids is 2. The second kappa shape index (κ2) is 7.85. The Kier molecular flexibility index (Phi) is 5.84. The SMILES string of the molecule is COC(=O)c1ccccc1NC(=O)CNc1cc(Cl)ccc1Cl. The summed E-state index contributed by atoms with van der Waals surface area (Å²) in [6.07, 6.45) is 0. The van der Waals surface area contributed by atoms with Crippen LogP contribution in [0.5, 0.6) is 0 Å². The van der Waals surface area contributed by atoms with Crippen LogP contribution < -0.4 is 10.6 Å². The molecule has 2 rings (SSSR count). The van der Waals surface area contributed by atoms with Crippen molar-refractivity contribution in [3.05, 3.63) is 58.1 Å². The zero-order valence-electron chi connectivity index (χ0n) is 12.2. The van der Waals surface area contributed by atoms with Gasteiger partial charge in [-0.2, -0.15) is 0 Å². The summed E-state index contributed by atoms with van der Waals surface area (Å²) in [6.45, 7) is -0.0322. The van der Waals surface area contributed by atoms with Crippen LogP contribution in [-0.2, 0) is 9.53 Å². The highest BCUT2D eigenvalue weighted by molar-refractivity contribution is 6.35. The van der Waals surface area contributed by atoms with E-state index in [1.165, 1.54) is 7.11 Å². The van der Waals surface area contributed by atoms with Gasteiger partial charge in [0.1, 0.15) is 0 Å². The number of carbonyl (C=O) groups is 2. The van der Waals surface area contributed by atoms with Crippen LogP contribution in [0.3, 0.4) is 0 Å². The van der Waals surface area contributed by atoms with Crippen molar-refractivity contribution in [1.82, 2.24) is 0 Å². The lowest BCUT2D eigenvalue weighted by molar-refractivity contribution is -0.114. The van der Waals surface area contributed by atoms with Gasteiger partial charge in [0.05, 0.1) is 35.6 Å². The normalized spacial score (nSPS) is 10.0. The summed E-state index contributed by atoms with van der Waals surface area (Å²) in [4.78, 5) is 23.7. The molecular weight excluding hydrogens is 339 g/mol. The van der Waals surface area contributed by atoms with Crippen LogP contribution in [0.1, 0.15) is 10.4 Å².